The first-order valence-electron chi connectivity index (χ1n) is 10.3. The summed E-state index contributed by atoms with van der Waals surface area (Å²) in [5.74, 6) is 1.55. The van der Waals surface area contributed by atoms with Crippen LogP contribution in [0.1, 0.15) is 43.4 Å². The average Bonchev–Trinajstić information content (AvgIpc) is 3.25. The van der Waals surface area contributed by atoms with Gasteiger partial charge in [0, 0.05) is 23.7 Å². The van der Waals surface area contributed by atoms with E-state index in [1.807, 2.05) is 35.6 Å². The molecular weight excluding hydrogens is 370 g/mol. The zero-order chi connectivity index (χ0) is 19.6. The highest BCUT2D eigenvalue weighted by atomic mass is 32.1. The first-order valence-corrected chi connectivity index (χ1v) is 11.2. The minimum Gasteiger partial charge on any atom is -0.494 e. The summed E-state index contributed by atoms with van der Waals surface area (Å²) in [6.45, 7) is 6.63. The summed E-state index contributed by atoms with van der Waals surface area (Å²) in [5, 5.41) is 7.99. The molecule has 0 unspecified atom stereocenters. The Bertz CT molecular complexity index is 695. The van der Waals surface area contributed by atoms with E-state index in [0.29, 0.717) is 12.5 Å². The maximum atomic E-state index is 12.1. The molecule has 0 saturated carbocycles. The van der Waals surface area contributed by atoms with Gasteiger partial charge in [0.25, 0.3) is 0 Å². The molecular formula is C22H31N3O2S. The van der Waals surface area contributed by atoms with E-state index in [4.69, 9.17) is 4.74 Å². The molecule has 28 heavy (non-hydrogen) atoms. The van der Waals surface area contributed by atoms with E-state index in [1.54, 1.807) is 0 Å². The van der Waals surface area contributed by atoms with Gasteiger partial charge in [-0.05, 0) is 74.0 Å². The minimum absolute atomic E-state index is 0.159. The van der Waals surface area contributed by atoms with Crippen molar-refractivity contribution < 1.29 is 9.53 Å². The summed E-state index contributed by atoms with van der Waals surface area (Å²) in [6.07, 6.45) is 4.58. The van der Waals surface area contributed by atoms with E-state index in [0.717, 1.165) is 50.5 Å². The number of nitrogens with zero attached hydrogens (tertiary/aromatic N) is 1. The molecule has 1 aromatic heterocycles. The number of unbranched alkanes of at least 4 members (excludes halogenated alkanes) is 1. The largest absolute Gasteiger partial charge is 0.494 e. The molecule has 0 radical (unpaired) electrons. The molecule has 6 heteroatoms. The molecule has 2 amide bonds. The maximum absolute atomic E-state index is 12.1. The van der Waals surface area contributed by atoms with Crippen molar-refractivity contribution in [2.45, 2.75) is 38.5 Å². The zero-order valence-electron chi connectivity index (χ0n) is 16.7. The van der Waals surface area contributed by atoms with Crippen LogP contribution < -0.4 is 15.4 Å². The number of nitrogens with one attached hydrogen (secondary N) is 2. The molecule has 152 valence electrons. The molecule has 3 rings (SSSR count). The van der Waals surface area contributed by atoms with E-state index < -0.39 is 0 Å². The number of thiophene rings is 1. The van der Waals surface area contributed by atoms with Crippen LogP contribution in [-0.4, -0.2) is 43.7 Å². The first-order chi connectivity index (χ1) is 13.7. The predicted octanol–water partition coefficient (Wildman–Crippen LogP) is 4.93. The number of hydrogen-bond acceptors (Lipinski definition) is 4. The van der Waals surface area contributed by atoms with Crippen LogP contribution in [-0.2, 0) is 0 Å². The lowest BCUT2D eigenvalue weighted by atomic mass is 9.95. The number of likely N-dealkylation sites (tertiary alicyclic amines) is 1. The second kappa shape index (κ2) is 11.1. The molecule has 0 aliphatic carbocycles. The van der Waals surface area contributed by atoms with Gasteiger partial charge in [-0.2, -0.15) is 0 Å². The van der Waals surface area contributed by atoms with Crippen molar-refractivity contribution in [3.8, 4) is 5.75 Å². The van der Waals surface area contributed by atoms with Gasteiger partial charge in [0.1, 0.15) is 5.75 Å². The van der Waals surface area contributed by atoms with E-state index in [9.17, 15) is 4.79 Å². The van der Waals surface area contributed by atoms with E-state index in [1.165, 1.54) is 17.7 Å². The summed E-state index contributed by atoms with van der Waals surface area (Å²) in [5.41, 5.74) is 0.775. The van der Waals surface area contributed by atoms with E-state index in [-0.39, 0.29) is 6.03 Å². The van der Waals surface area contributed by atoms with Crippen LogP contribution in [0.15, 0.2) is 41.8 Å². The number of benzene rings is 1. The average molecular weight is 402 g/mol. The summed E-state index contributed by atoms with van der Waals surface area (Å²) < 4.78 is 5.64. The lowest BCUT2D eigenvalue weighted by Crippen LogP contribution is -2.40. The number of hydrogen-bond donors (Lipinski definition) is 2. The Hall–Kier alpha value is -2.05. The molecule has 0 bridgehead atoms. The SMILES string of the molecule is CCCCOc1ccc(NC(=O)NCCN2CCC(c3cccs3)CC2)cc1. The number of piperidine rings is 1. The van der Waals surface area contributed by atoms with Gasteiger partial charge in [0.2, 0.25) is 0 Å². The summed E-state index contributed by atoms with van der Waals surface area (Å²) >= 11 is 1.87. The van der Waals surface area contributed by atoms with Crippen LogP contribution in [0.2, 0.25) is 0 Å². The van der Waals surface area contributed by atoms with Crippen molar-refractivity contribution in [2.24, 2.45) is 0 Å². The predicted molar refractivity (Wildman–Crippen MR) is 117 cm³/mol. The Morgan fingerprint density at radius 2 is 2.00 bits per heavy atom. The van der Waals surface area contributed by atoms with Crippen molar-refractivity contribution in [3.05, 3.63) is 46.7 Å². The highest BCUT2D eigenvalue weighted by Crippen LogP contribution is 2.30. The molecule has 1 aliphatic heterocycles. The van der Waals surface area contributed by atoms with Crippen LogP contribution in [0.5, 0.6) is 5.75 Å². The second-order valence-corrected chi connectivity index (χ2v) is 8.22. The zero-order valence-corrected chi connectivity index (χ0v) is 17.5. The molecule has 0 atom stereocenters. The van der Waals surface area contributed by atoms with E-state index >= 15 is 0 Å². The van der Waals surface area contributed by atoms with Crippen molar-refractivity contribution in [2.75, 3.05) is 38.1 Å². The van der Waals surface area contributed by atoms with Crippen LogP contribution >= 0.6 is 11.3 Å². The van der Waals surface area contributed by atoms with Gasteiger partial charge in [-0.1, -0.05) is 19.4 Å². The fourth-order valence-corrected chi connectivity index (χ4v) is 4.34. The molecule has 5 nitrogen and oxygen atoms in total. The third kappa shape index (κ3) is 6.53. The summed E-state index contributed by atoms with van der Waals surface area (Å²) in [4.78, 5) is 16.0. The fourth-order valence-electron chi connectivity index (χ4n) is 3.44. The van der Waals surface area contributed by atoms with Gasteiger partial charge in [0.05, 0.1) is 6.61 Å². The van der Waals surface area contributed by atoms with Gasteiger partial charge in [-0.15, -0.1) is 11.3 Å². The summed E-state index contributed by atoms with van der Waals surface area (Å²) in [6, 6.07) is 11.8. The van der Waals surface area contributed by atoms with Gasteiger partial charge >= 0.3 is 6.03 Å². The van der Waals surface area contributed by atoms with Crippen molar-refractivity contribution in [1.29, 1.82) is 0 Å². The Morgan fingerprint density at radius 1 is 1.21 bits per heavy atom. The monoisotopic (exact) mass is 401 g/mol. The molecule has 0 spiro atoms. The van der Waals surface area contributed by atoms with Crippen LogP contribution in [0.4, 0.5) is 10.5 Å². The van der Waals surface area contributed by atoms with Gasteiger partial charge < -0.3 is 20.3 Å². The molecule has 1 aliphatic rings. The topological polar surface area (TPSA) is 53.6 Å². The normalized spacial score (nSPS) is 15.3. The Labute approximate surface area is 172 Å². The van der Waals surface area contributed by atoms with Gasteiger partial charge in [-0.3, -0.25) is 0 Å². The molecule has 2 N–H and O–H groups in total. The number of ether oxygens (including phenoxy) is 1. The Morgan fingerprint density at radius 3 is 2.68 bits per heavy atom. The molecule has 1 saturated heterocycles. The molecule has 1 fully saturated rings. The maximum Gasteiger partial charge on any atom is 0.319 e. The number of rotatable bonds is 9. The number of carbonyl (C=O) groups is 1. The van der Waals surface area contributed by atoms with E-state index in [2.05, 4.69) is 40.0 Å². The molecule has 2 aromatic rings. The van der Waals surface area contributed by atoms with Crippen molar-refractivity contribution in [1.82, 2.24) is 10.2 Å². The Balaban J connectivity index is 1.30. The third-order valence-electron chi connectivity index (χ3n) is 5.13. The minimum atomic E-state index is -0.159. The summed E-state index contributed by atoms with van der Waals surface area (Å²) in [7, 11) is 0. The number of carbonyl (C=O) groups excluding carboxylic acids is 1. The van der Waals surface area contributed by atoms with Gasteiger partial charge in [0.15, 0.2) is 0 Å². The lowest BCUT2D eigenvalue weighted by molar-refractivity contribution is 0.212. The fraction of sp³-hybridized carbons (Fsp3) is 0.500. The highest BCUT2D eigenvalue weighted by molar-refractivity contribution is 7.10. The lowest BCUT2D eigenvalue weighted by Gasteiger charge is -2.31. The second-order valence-electron chi connectivity index (χ2n) is 7.24. The number of amides is 2. The van der Waals surface area contributed by atoms with Crippen molar-refractivity contribution >= 4 is 23.1 Å². The van der Waals surface area contributed by atoms with Crippen LogP contribution in [0.25, 0.3) is 0 Å². The number of anilines is 1. The smallest absolute Gasteiger partial charge is 0.319 e. The van der Waals surface area contributed by atoms with Crippen LogP contribution in [0.3, 0.4) is 0 Å². The first kappa shape index (κ1) is 20.7. The Kier molecular flexibility index (Phi) is 8.18. The molecule has 1 aromatic carbocycles. The third-order valence-corrected chi connectivity index (χ3v) is 6.16. The standard InChI is InChI=1S/C22H31N3O2S/c1-2-3-16-27-20-8-6-19(7-9-20)24-22(26)23-12-15-25-13-10-18(11-14-25)21-5-4-17-28-21/h4-9,17-18H,2-3,10-16H2,1H3,(H2,23,24,26). The number of urea groups is 1. The van der Waals surface area contributed by atoms with Crippen LogP contribution in [0, 0.1) is 0 Å². The molecule has 2 heterocycles. The quantitative estimate of drug-likeness (QED) is 0.586. The van der Waals surface area contributed by atoms with Crippen molar-refractivity contribution in [3.63, 3.8) is 0 Å². The highest BCUT2D eigenvalue weighted by Gasteiger charge is 2.20. The van der Waals surface area contributed by atoms with Gasteiger partial charge in [-0.25, -0.2) is 4.79 Å².